The summed E-state index contributed by atoms with van der Waals surface area (Å²) >= 11 is 1.78. The van der Waals surface area contributed by atoms with E-state index in [1.807, 2.05) is 12.1 Å². The highest BCUT2D eigenvalue weighted by Gasteiger charge is 2.13. The molecule has 0 fully saturated rings. The maximum Gasteiger partial charge on any atom is 0.132 e. The molecule has 114 valence electrons. The summed E-state index contributed by atoms with van der Waals surface area (Å²) in [5, 5.41) is 3.38. The second kappa shape index (κ2) is 7.03. The summed E-state index contributed by atoms with van der Waals surface area (Å²) in [4.78, 5) is 2.45. The van der Waals surface area contributed by atoms with Gasteiger partial charge in [-0.15, -0.1) is 0 Å². The van der Waals surface area contributed by atoms with E-state index >= 15 is 0 Å². The first kappa shape index (κ1) is 15.2. The molecule has 3 heteroatoms. The van der Waals surface area contributed by atoms with Crippen LogP contribution in [0.15, 0.2) is 58.3 Å². The second-order valence-electron chi connectivity index (χ2n) is 5.44. The molecule has 0 aliphatic carbocycles. The van der Waals surface area contributed by atoms with Gasteiger partial charge in [-0.2, -0.15) is 0 Å². The minimum Gasteiger partial charge on any atom is -0.496 e. The Morgan fingerprint density at radius 2 is 1.95 bits per heavy atom. The third-order valence-corrected chi connectivity index (χ3v) is 4.97. The number of benzene rings is 2. The molecule has 2 aromatic carbocycles. The fraction of sp³-hybridized carbons (Fsp3) is 0.263. The fourth-order valence-electron chi connectivity index (χ4n) is 2.67. The molecule has 0 atom stereocenters. The summed E-state index contributed by atoms with van der Waals surface area (Å²) in [6.07, 6.45) is 3.40. The van der Waals surface area contributed by atoms with Gasteiger partial charge in [0.25, 0.3) is 0 Å². The SMILES string of the molecule is COc1ccccc1Sc1ccc(C)cc1C1=CCNCC1. The van der Waals surface area contributed by atoms with Crippen LogP contribution < -0.4 is 10.1 Å². The molecule has 0 spiro atoms. The maximum absolute atomic E-state index is 5.48. The largest absolute Gasteiger partial charge is 0.496 e. The molecule has 0 amide bonds. The molecule has 3 rings (SSSR count). The molecule has 0 aromatic heterocycles. The van der Waals surface area contributed by atoms with E-state index in [1.54, 1.807) is 18.9 Å². The number of methoxy groups -OCH3 is 1. The summed E-state index contributed by atoms with van der Waals surface area (Å²) in [6.45, 7) is 4.17. The normalized spacial score (nSPS) is 14.5. The van der Waals surface area contributed by atoms with Crippen molar-refractivity contribution >= 4 is 17.3 Å². The van der Waals surface area contributed by atoms with Crippen LogP contribution in [0.3, 0.4) is 0 Å². The number of hydrogen-bond donors (Lipinski definition) is 1. The van der Waals surface area contributed by atoms with Gasteiger partial charge in [0.1, 0.15) is 5.75 Å². The number of para-hydroxylation sites is 1. The predicted octanol–water partition coefficient (Wildman–Crippen LogP) is 4.53. The van der Waals surface area contributed by atoms with Crippen LogP contribution >= 0.6 is 11.8 Å². The van der Waals surface area contributed by atoms with E-state index in [4.69, 9.17) is 4.74 Å². The van der Waals surface area contributed by atoms with Crippen LogP contribution in [0.4, 0.5) is 0 Å². The summed E-state index contributed by atoms with van der Waals surface area (Å²) < 4.78 is 5.48. The fourth-order valence-corrected chi connectivity index (χ4v) is 3.74. The Balaban J connectivity index is 1.98. The van der Waals surface area contributed by atoms with Gasteiger partial charge in [-0.1, -0.05) is 47.7 Å². The lowest BCUT2D eigenvalue weighted by molar-refractivity contribution is 0.405. The van der Waals surface area contributed by atoms with E-state index < -0.39 is 0 Å². The Kier molecular flexibility index (Phi) is 4.86. The molecule has 0 saturated heterocycles. The minimum absolute atomic E-state index is 0.929. The number of rotatable bonds is 4. The molecule has 0 unspecified atom stereocenters. The van der Waals surface area contributed by atoms with Crippen LogP contribution in [0.25, 0.3) is 5.57 Å². The molecule has 22 heavy (non-hydrogen) atoms. The molecule has 0 saturated carbocycles. The van der Waals surface area contributed by atoms with Crippen molar-refractivity contribution in [3.8, 4) is 5.75 Å². The quantitative estimate of drug-likeness (QED) is 0.896. The van der Waals surface area contributed by atoms with Gasteiger partial charge >= 0.3 is 0 Å². The number of hydrogen-bond acceptors (Lipinski definition) is 3. The number of ether oxygens (including phenoxy) is 1. The zero-order valence-corrected chi connectivity index (χ0v) is 13.9. The van der Waals surface area contributed by atoms with Crippen molar-refractivity contribution in [2.24, 2.45) is 0 Å². The topological polar surface area (TPSA) is 21.3 Å². The molecular formula is C19H21NOS. The molecule has 2 aromatic rings. The number of nitrogens with one attached hydrogen (secondary N) is 1. The van der Waals surface area contributed by atoms with Crippen molar-refractivity contribution < 1.29 is 4.74 Å². The first-order valence-electron chi connectivity index (χ1n) is 7.59. The van der Waals surface area contributed by atoms with Crippen LogP contribution in [0.5, 0.6) is 5.75 Å². The monoisotopic (exact) mass is 311 g/mol. The summed E-state index contributed by atoms with van der Waals surface area (Å²) in [6, 6.07) is 14.9. The minimum atomic E-state index is 0.929. The van der Waals surface area contributed by atoms with Gasteiger partial charge in [0.05, 0.1) is 12.0 Å². The molecule has 0 radical (unpaired) electrons. The third-order valence-electron chi connectivity index (χ3n) is 3.83. The highest BCUT2D eigenvalue weighted by Crippen LogP contribution is 2.39. The summed E-state index contributed by atoms with van der Waals surface area (Å²) in [5.41, 5.74) is 4.11. The van der Waals surface area contributed by atoms with E-state index in [9.17, 15) is 0 Å². The Bertz CT molecular complexity index is 694. The van der Waals surface area contributed by atoms with Gasteiger partial charge in [0.2, 0.25) is 0 Å². The van der Waals surface area contributed by atoms with Crippen LogP contribution in [0, 0.1) is 6.92 Å². The molecule has 1 aliphatic heterocycles. The number of aryl methyl sites for hydroxylation is 1. The van der Waals surface area contributed by atoms with Gasteiger partial charge in [-0.25, -0.2) is 0 Å². The lowest BCUT2D eigenvalue weighted by Gasteiger charge is -2.18. The van der Waals surface area contributed by atoms with E-state index in [1.165, 1.54) is 21.6 Å². The average molecular weight is 311 g/mol. The van der Waals surface area contributed by atoms with Crippen molar-refractivity contribution in [3.05, 3.63) is 59.7 Å². The Morgan fingerprint density at radius 3 is 2.73 bits per heavy atom. The van der Waals surface area contributed by atoms with Crippen molar-refractivity contribution in [2.45, 2.75) is 23.1 Å². The first-order chi connectivity index (χ1) is 10.8. The van der Waals surface area contributed by atoms with Gasteiger partial charge in [-0.3, -0.25) is 0 Å². The molecule has 1 N–H and O–H groups in total. The van der Waals surface area contributed by atoms with Crippen molar-refractivity contribution in [1.82, 2.24) is 5.32 Å². The average Bonchev–Trinajstić information content (AvgIpc) is 2.58. The van der Waals surface area contributed by atoms with Gasteiger partial charge < -0.3 is 10.1 Å². The molecule has 0 bridgehead atoms. The van der Waals surface area contributed by atoms with Crippen LogP contribution in [-0.2, 0) is 0 Å². The van der Waals surface area contributed by atoms with Crippen LogP contribution in [0.1, 0.15) is 17.5 Å². The standard InChI is InChI=1S/C19H21NOS/c1-14-7-8-18(16(13-14)15-9-11-20-12-10-15)22-19-6-4-3-5-17(19)21-2/h3-9,13,20H,10-12H2,1-2H3. The van der Waals surface area contributed by atoms with E-state index in [2.05, 4.69) is 48.6 Å². The van der Waals surface area contributed by atoms with Crippen molar-refractivity contribution in [3.63, 3.8) is 0 Å². The lowest BCUT2D eigenvalue weighted by atomic mass is 9.99. The summed E-state index contributed by atoms with van der Waals surface area (Å²) in [5.74, 6) is 0.929. The van der Waals surface area contributed by atoms with Crippen molar-refractivity contribution in [2.75, 3.05) is 20.2 Å². The first-order valence-corrected chi connectivity index (χ1v) is 8.41. The zero-order chi connectivity index (χ0) is 15.4. The smallest absolute Gasteiger partial charge is 0.132 e. The molecular weight excluding hydrogens is 290 g/mol. The molecule has 1 aliphatic rings. The highest BCUT2D eigenvalue weighted by molar-refractivity contribution is 7.99. The van der Waals surface area contributed by atoms with E-state index in [0.29, 0.717) is 0 Å². The Hall–Kier alpha value is -1.71. The zero-order valence-electron chi connectivity index (χ0n) is 13.1. The van der Waals surface area contributed by atoms with Crippen LogP contribution in [-0.4, -0.2) is 20.2 Å². The lowest BCUT2D eigenvalue weighted by Crippen LogP contribution is -2.20. The predicted molar refractivity (Wildman–Crippen MR) is 93.8 cm³/mol. The van der Waals surface area contributed by atoms with Crippen LogP contribution in [0.2, 0.25) is 0 Å². The van der Waals surface area contributed by atoms with Gasteiger partial charge in [-0.05, 0) is 49.2 Å². The Labute approximate surface area is 136 Å². The van der Waals surface area contributed by atoms with E-state index in [-0.39, 0.29) is 0 Å². The van der Waals surface area contributed by atoms with E-state index in [0.717, 1.165) is 30.2 Å². The van der Waals surface area contributed by atoms with Gasteiger partial charge in [0.15, 0.2) is 0 Å². The second-order valence-corrected chi connectivity index (χ2v) is 6.52. The molecule has 2 nitrogen and oxygen atoms in total. The Morgan fingerprint density at radius 1 is 1.09 bits per heavy atom. The van der Waals surface area contributed by atoms with Gasteiger partial charge in [0, 0.05) is 11.4 Å². The highest BCUT2D eigenvalue weighted by atomic mass is 32.2. The molecule has 1 heterocycles. The maximum atomic E-state index is 5.48. The van der Waals surface area contributed by atoms with Crippen molar-refractivity contribution in [1.29, 1.82) is 0 Å². The third kappa shape index (κ3) is 3.37. The summed E-state index contributed by atoms with van der Waals surface area (Å²) in [7, 11) is 1.73.